The van der Waals surface area contributed by atoms with Gasteiger partial charge >= 0.3 is 6.18 Å². The van der Waals surface area contributed by atoms with Crippen molar-refractivity contribution < 1.29 is 13.2 Å². The molecule has 0 saturated heterocycles. The van der Waals surface area contributed by atoms with Crippen LogP contribution in [0.15, 0.2) is 35.6 Å². The van der Waals surface area contributed by atoms with Gasteiger partial charge in [-0.25, -0.2) is 4.98 Å². The Morgan fingerprint density at radius 3 is 2.65 bits per heavy atom. The van der Waals surface area contributed by atoms with Crippen molar-refractivity contribution in [3.8, 4) is 0 Å². The first-order valence-electron chi connectivity index (χ1n) is 8.29. The van der Waals surface area contributed by atoms with Crippen molar-refractivity contribution in [1.82, 2.24) is 25.4 Å². The second kappa shape index (κ2) is 6.97. The van der Waals surface area contributed by atoms with Gasteiger partial charge in [0.15, 0.2) is 5.96 Å². The fourth-order valence-electron chi connectivity index (χ4n) is 2.86. The Morgan fingerprint density at radius 2 is 2.08 bits per heavy atom. The number of rotatable bonds is 5. The average Bonchev–Trinajstić information content (AvgIpc) is 3.30. The summed E-state index contributed by atoms with van der Waals surface area (Å²) in [7, 11) is 3.45. The van der Waals surface area contributed by atoms with Gasteiger partial charge in [-0.05, 0) is 24.5 Å². The maximum Gasteiger partial charge on any atom is 0.416 e. The van der Waals surface area contributed by atoms with Crippen molar-refractivity contribution in [2.75, 3.05) is 13.6 Å². The molecule has 3 rings (SSSR count). The highest BCUT2D eigenvalue weighted by atomic mass is 19.4. The van der Waals surface area contributed by atoms with E-state index in [-0.39, 0.29) is 5.41 Å². The second-order valence-electron chi connectivity index (χ2n) is 6.44. The standard InChI is InChI=1S/C17H21F3N6/c1-21-15(22-9-14-24-11-25-26(14)2)23-10-16(6-7-16)12-4-3-5-13(8-12)17(18,19)20/h3-5,8,11H,6-7,9-10H2,1-2H3,(H2,21,22,23). The zero-order valence-electron chi connectivity index (χ0n) is 14.6. The predicted octanol–water partition coefficient (Wildman–Crippen LogP) is 2.23. The first-order valence-corrected chi connectivity index (χ1v) is 8.29. The smallest absolute Gasteiger partial charge is 0.356 e. The number of aryl methyl sites for hydroxylation is 1. The number of aliphatic imine (C=N–C) groups is 1. The molecule has 0 spiro atoms. The van der Waals surface area contributed by atoms with Gasteiger partial charge in [-0.15, -0.1) is 0 Å². The van der Waals surface area contributed by atoms with E-state index in [1.165, 1.54) is 18.5 Å². The van der Waals surface area contributed by atoms with E-state index in [1.54, 1.807) is 24.8 Å². The summed E-state index contributed by atoms with van der Waals surface area (Å²) in [5.41, 5.74) is -0.168. The van der Waals surface area contributed by atoms with Gasteiger partial charge in [-0.1, -0.05) is 18.2 Å². The molecule has 1 aromatic heterocycles. The number of benzene rings is 1. The van der Waals surface area contributed by atoms with Gasteiger partial charge < -0.3 is 10.6 Å². The third-order valence-corrected chi connectivity index (χ3v) is 4.69. The van der Waals surface area contributed by atoms with Gasteiger partial charge in [0.2, 0.25) is 0 Å². The van der Waals surface area contributed by atoms with Crippen LogP contribution in [-0.2, 0) is 25.2 Å². The lowest BCUT2D eigenvalue weighted by Gasteiger charge is -2.20. The monoisotopic (exact) mass is 366 g/mol. The number of guanidine groups is 1. The molecule has 2 aromatic rings. The molecule has 1 saturated carbocycles. The lowest BCUT2D eigenvalue weighted by atomic mass is 9.94. The highest BCUT2D eigenvalue weighted by molar-refractivity contribution is 5.79. The maximum absolute atomic E-state index is 13.0. The number of nitrogens with one attached hydrogen (secondary N) is 2. The fraction of sp³-hybridized carbons (Fsp3) is 0.471. The Kier molecular flexibility index (Phi) is 4.88. The lowest BCUT2D eigenvalue weighted by Crippen LogP contribution is -2.41. The minimum atomic E-state index is -4.33. The number of hydrogen-bond acceptors (Lipinski definition) is 3. The van der Waals surface area contributed by atoms with Crippen molar-refractivity contribution in [3.63, 3.8) is 0 Å². The summed E-state index contributed by atoms with van der Waals surface area (Å²) in [5, 5.41) is 10.3. The van der Waals surface area contributed by atoms with Crippen LogP contribution in [-0.4, -0.2) is 34.3 Å². The SMILES string of the molecule is CN=C(NCc1ncnn1C)NCC1(c2cccc(C(F)(F)F)c2)CC1. The van der Waals surface area contributed by atoms with Crippen molar-refractivity contribution in [2.24, 2.45) is 12.0 Å². The lowest BCUT2D eigenvalue weighted by molar-refractivity contribution is -0.137. The molecule has 140 valence electrons. The number of alkyl halides is 3. The van der Waals surface area contributed by atoms with Crippen LogP contribution in [0.1, 0.15) is 29.8 Å². The summed E-state index contributed by atoms with van der Waals surface area (Å²) in [6.07, 6.45) is -1.16. The zero-order chi connectivity index (χ0) is 18.8. The predicted molar refractivity (Wildman–Crippen MR) is 91.6 cm³/mol. The zero-order valence-corrected chi connectivity index (χ0v) is 14.6. The van der Waals surface area contributed by atoms with Crippen LogP contribution in [0.25, 0.3) is 0 Å². The second-order valence-corrected chi connectivity index (χ2v) is 6.44. The Balaban J connectivity index is 1.62. The molecular weight excluding hydrogens is 345 g/mol. The van der Waals surface area contributed by atoms with Gasteiger partial charge in [-0.2, -0.15) is 18.3 Å². The van der Waals surface area contributed by atoms with Crippen LogP contribution in [0.5, 0.6) is 0 Å². The van der Waals surface area contributed by atoms with Crippen LogP contribution >= 0.6 is 0 Å². The van der Waals surface area contributed by atoms with Crippen molar-refractivity contribution in [1.29, 1.82) is 0 Å². The van der Waals surface area contributed by atoms with Crippen LogP contribution in [0, 0.1) is 0 Å². The van der Waals surface area contributed by atoms with E-state index in [9.17, 15) is 13.2 Å². The molecule has 0 amide bonds. The third-order valence-electron chi connectivity index (χ3n) is 4.69. The number of aromatic nitrogens is 3. The van der Waals surface area contributed by atoms with Crippen LogP contribution in [0.3, 0.4) is 0 Å². The highest BCUT2D eigenvalue weighted by Gasteiger charge is 2.45. The Morgan fingerprint density at radius 1 is 1.31 bits per heavy atom. The number of hydrogen-bond donors (Lipinski definition) is 2. The van der Waals surface area contributed by atoms with Crippen LogP contribution < -0.4 is 10.6 Å². The van der Waals surface area contributed by atoms with Gasteiger partial charge in [0.25, 0.3) is 0 Å². The van der Waals surface area contributed by atoms with Crippen molar-refractivity contribution in [2.45, 2.75) is 31.0 Å². The summed E-state index contributed by atoms with van der Waals surface area (Å²) < 4.78 is 40.5. The molecule has 26 heavy (non-hydrogen) atoms. The first kappa shape index (κ1) is 18.2. The highest BCUT2D eigenvalue weighted by Crippen LogP contribution is 2.48. The molecule has 0 radical (unpaired) electrons. The van der Waals surface area contributed by atoms with Gasteiger partial charge in [0.1, 0.15) is 12.2 Å². The average molecular weight is 366 g/mol. The van der Waals surface area contributed by atoms with E-state index < -0.39 is 11.7 Å². The van der Waals surface area contributed by atoms with E-state index in [4.69, 9.17) is 0 Å². The Labute approximate surface area is 149 Å². The van der Waals surface area contributed by atoms with Crippen molar-refractivity contribution in [3.05, 3.63) is 47.5 Å². The van der Waals surface area contributed by atoms with Gasteiger partial charge in [0.05, 0.1) is 12.1 Å². The van der Waals surface area contributed by atoms with E-state index in [0.717, 1.165) is 24.7 Å². The molecule has 1 aromatic carbocycles. The Bertz CT molecular complexity index is 792. The molecule has 0 bridgehead atoms. The normalized spacial score (nSPS) is 16.4. The molecule has 1 fully saturated rings. The fourth-order valence-corrected chi connectivity index (χ4v) is 2.86. The first-order chi connectivity index (χ1) is 12.3. The summed E-state index contributed by atoms with van der Waals surface area (Å²) in [6.45, 7) is 0.972. The molecule has 0 aliphatic heterocycles. The van der Waals surface area contributed by atoms with Gasteiger partial charge in [-0.3, -0.25) is 9.67 Å². The van der Waals surface area contributed by atoms with E-state index in [2.05, 4.69) is 25.7 Å². The quantitative estimate of drug-likeness (QED) is 0.629. The molecule has 1 heterocycles. The van der Waals surface area contributed by atoms with E-state index in [0.29, 0.717) is 24.6 Å². The molecule has 0 atom stereocenters. The minimum absolute atomic E-state index is 0.274. The minimum Gasteiger partial charge on any atom is -0.356 e. The molecule has 2 N–H and O–H groups in total. The number of halogens is 3. The third kappa shape index (κ3) is 3.97. The summed E-state index contributed by atoms with van der Waals surface area (Å²) in [6, 6.07) is 5.60. The molecule has 1 aliphatic rings. The summed E-state index contributed by atoms with van der Waals surface area (Å²) in [5.74, 6) is 1.33. The largest absolute Gasteiger partial charge is 0.416 e. The topological polar surface area (TPSA) is 67.1 Å². The molecule has 0 unspecified atom stereocenters. The van der Waals surface area contributed by atoms with Gasteiger partial charge in [0, 0.05) is 26.1 Å². The Hall–Kier alpha value is -2.58. The van der Waals surface area contributed by atoms with Crippen LogP contribution in [0.2, 0.25) is 0 Å². The molecule has 6 nitrogen and oxygen atoms in total. The van der Waals surface area contributed by atoms with Crippen LogP contribution in [0.4, 0.5) is 13.2 Å². The summed E-state index contributed by atoms with van der Waals surface area (Å²) in [4.78, 5) is 8.28. The molecule has 1 aliphatic carbocycles. The maximum atomic E-state index is 13.0. The van der Waals surface area contributed by atoms with Crippen molar-refractivity contribution >= 4 is 5.96 Å². The molecule has 9 heteroatoms. The van der Waals surface area contributed by atoms with E-state index >= 15 is 0 Å². The molecular formula is C17H21F3N6. The number of nitrogens with zero attached hydrogens (tertiary/aromatic N) is 4. The van der Waals surface area contributed by atoms with E-state index in [1.807, 2.05) is 0 Å². The summed E-state index contributed by atoms with van der Waals surface area (Å²) >= 11 is 0.